The van der Waals surface area contributed by atoms with Crippen LogP contribution in [-0.4, -0.2) is 5.54 Å². The van der Waals surface area contributed by atoms with Gasteiger partial charge in [-0.15, -0.1) is 6.58 Å². The highest BCUT2D eigenvalue weighted by atomic mass is 14.8. The van der Waals surface area contributed by atoms with Crippen molar-refractivity contribution in [3.05, 3.63) is 24.1 Å². The van der Waals surface area contributed by atoms with Crippen molar-refractivity contribution in [2.45, 2.75) is 18.9 Å². The van der Waals surface area contributed by atoms with Crippen LogP contribution in [0.25, 0.3) is 4.85 Å². The molecule has 60 valence electrons. The molecule has 2 unspecified atom stereocenters. The van der Waals surface area contributed by atoms with Gasteiger partial charge in [0.05, 0.1) is 12.5 Å². The third-order valence-electron chi connectivity index (χ3n) is 1.76. The molecule has 0 aromatic carbocycles. The van der Waals surface area contributed by atoms with Gasteiger partial charge in [0.25, 0.3) is 0 Å². The third-order valence-corrected chi connectivity index (χ3v) is 1.76. The highest BCUT2D eigenvalue weighted by Gasteiger charge is 2.42. The molecule has 0 saturated heterocycles. The lowest BCUT2D eigenvalue weighted by molar-refractivity contribution is 0.516. The zero-order valence-corrected chi connectivity index (χ0v) is 6.91. The molecule has 0 aliphatic rings. The van der Waals surface area contributed by atoms with Gasteiger partial charge >= 0.3 is 5.54 Å². The van der Waals surface area contributed by atoms with Crippen LogP contribution in [0.4, 0.5) is 0 Å². The Morgan fingerprint density at radius 3 is 2.58 bits per heavy atom. The maximum atomic E-state index is 8.75. The van der Waals surface area contributed by atoms with Crippen molar-refractivity contribution >= 4 is 0 Å². The van der Waals surface area contributed by atoms with E-state index in [1.54, 1.807) is 6.92 Å². The van der Waals surface area contributed by atoms with E-state index in [-0.39, 0.29) is 6.42 Å². The Morgan fingerprint density at radius 1 is 1.75 bits per heavy atom. The molecule has 0 spiro atoms. The van der Waals surface area contributed by atoms with Crippen LogP contribution in [0.15, 0.2) is 12.7 Å². The molecule has 12 heavy (non-hydrogen) atoms. The molecule has 0 aromatic rings. The van der Waals surface area contributed by atoms with E-state index >= 15 is 0 Å². The van der Waals surface area contributed by atoms with Crippen LogP contribution < -0.4 is 0 Å². The summed E-state index contributed by atoms with van der Waals surface area (Å²) in [6.07, 6.45) is 1.73. The normalized spacial score (nSPS) is 15.8. The molecule has 0 saturated carbocycles. The molecule has 0 heterocycles. The summed E-state index contributed by atoms with van der Waals surface area (Å²) >= 11 is 0. The monoisotopic (exact) mass is 159 g/mol. The number of nitrogens with zero attached hydrogens (tertiary/aromatic N) is 3. The summed E-state index contributed by atoms with van der Waals surface area (Å²) in [5.41, 5.74) is -1.24. The molecular weight excluding hydrogens is 150 g/mol. The highest BCUT2D eigenvalue weighted by molar-refractivity contribution is 5.23. The van der Waals surface area contributed by atoms with Crippen molar-refractivity contribution in [3.63, 3.8) is 0 Å². The second-order valence-corrected chi connectivity index (χ2v) is 2.49. The van der Waals surface area contributed by atoms with Gasteiger partial charge in [-0.1, -0.05) is 6.08 Å². The van der Waals surface area contributed by atoms with Crippen molar-refractivity contribution in [1.82, 2.24) is 0 Å². The van der Waals surface area contributed by atoms with Crippen LogP contribution >= 0.6 is 0 Å². The van der Waals surface area contributed by atoms with Crippen molar-refractivity contribution in [2.75, 3.05) is 0 Å². The van der Waals surface area contributed by atoms with E-state index in [1.165, 1.54) is 6.08 Å². The van der Waals surface area contributed by atoms with E-state index in [4.69, 9.17) is 17.1 Å². The number of nitriles is 2. The first-order valence-electron chi connectivity index (χ1n) is 3.47. The molecule has 0 aliphatic carbocycles. The van der Waals surface area contributed by atoms with E-state index in [1.807, 2.05) is 12.1 Å². The first kappa shape index (κ1) is 10.2. The highest BCUT2D eigenvalue weighted by Crippen LogP contribution is 2.25. The van der Waals surface area contributed by atoms with Gasteiger partial charge in [-0.25, -0.2) is 6.57 Å². The Labute approximate surface area is 72.4 Å². The summed E-state index contributed by atoms with van der Waals surface area (Å²) in [4.78, 5) is 3.19. The van der Waals surface area contributed by atoms with E-state index in [2.05, 4.69) is 11.4 Å². The second-order valence-electron chi connectivity index (χ2n) is 2.49. The van der Waals surface area contributed by atoms with E-state index < -0.39 is 11.5 Å². The lowest BCUT2D eigenvalue weighted by atomic mass is 9.85. The van der Waals surface area contributed by atoms with E-state index in [0.717, 1.165) is 0 Å². The maximum absolute atomic E-state index is 8.75. The molecule has 0 amide bonds. The molecular formula is C9H9N3. The molecule has 0 N–H and O–H groups in total. The topological polar surface area (TPSA) is 51.9 Å². The zero-order valence-electron chi connectivity index (χ0n) is 6.91. The predicted octanol–water partition coefficient (Wildman–Crippen LogP) is 1.90. The van der Waals surface area contributed by atoms with Crippen LogP contribution in [-0.2, 0) is 0 Å². The Balaban J connectivity index is 4.90. The number of hydrogen-bond acceptors (Lipinski definition) is 2. The first-order chi connectivity index (χ1) is 5.66. The second kappa shape index (κ2) is 4.16. The van der Waals surface area contributed by atoms with Gasteiger partial charge in [-0.05, 0) is 6.92 Å². The lowest BCUT2D eigenvalue weighted by Gasteiger charge is -2.13. The summed E-state index contributed by atoms with van der Waals surface area (Å²) in [6.45, 7) is 11.9. The fourth-order valence-corrected chi connectivity index (χ4v) is 0.814. The van der Waals surface area contributed by atoms with Gasteiger partial charge in [-0.2, -0.15) is 10.5 Å². The standard InChI is InChI=1S/C9H9N3/c1-4-5-9(7-11,12-3)8(2)6-10/h4,8H,1,5H2,2H3. The third kappa shape index (κ3) is 1.62. The van der Waals surface area contributed by atoms with Gasteiger partial charge < -0.3 is 0 Å². The summed E-state index contributed by atoms with van der Waals surface area (Å²) in [7, 11) is 0. The van der Waals surface area contributed by atoms with Crippen LogP contribution in [0.2, 0.25) is 0 Å². The van der Waals surface area contributed by atoms with Crippen molar-refractivity contribution in [2.24, 2.45) is 5.92 Å². The van der Waals surface area contributed by atoms with Crippen molar-refractivity contribution in [3.8, 4) is 12.1 Å². The molecule has 0 rings (SSSR count). The van der Waals surface area contributed by atoms with E-state index in [9.17, 15) is 0 Å². The van der Waals surface area contributed by atoms with Crippen molar-refractivity contribution < 1.29 is 0 Å². The van der Waals surface area contributed by atoms with Gasteiger partial charge in [0.2, 0.25) is 0 Å². The number of hydrogen-bond donors (Lipinski definition) is 0. The minimum Gasteiger partial charge on any atom is -0.292 e. The molecule has 0 bridgehead atoms. The van der Waals surface area contributed by atoms with Crippen LogP contribution in [0.3, 0.4) is 0 Å². The Kier molecular flexibility index (Phi) is 3.54. The van der Waals surface area contributed by atoms with Crippen molar-refractivity contribution in [1.29, 1.82) is 10.5 Å². The Hall–Kier alpha value is -1.79. The minimum atomic E-state index is -1.24. The Bertz CT molecular complexity index is 270. The predicted molar refractivity (Wildman–Crippen MR) is 44.5 cm³/mol. The molecule has 0 aromatic heterocycles. The molecule has 0 aliphatic heterocycles. The van der Waals surface area contributed by atoms with Gasteiger partial charge in [0, 0.05) is 0 Å². The lowest BCUT2D eigenvalue weighted by Crippen LogP contribution is -2.29. The fourth-order valence-electron chi connectivity index (χ4n) is 0.814. The first-order valence-corrected chi connectivity index (χ1v) is 3.47. The number of rotatable bonds is 3. The molecule has 3 nitrogen and oxygen atoms in total. The SMILES string of the molecule is [C-]#[N+]C(C#N)(CC=C)C(C)C#N. The summed E-state index contributed by atoms with van der Waals surface area (Å²) in [6, 6.07) is 3.78. The van der Waals surface area contributed by atoms with Crippen LogP contribution in [0.5, 0.6) is 0 Å². The smallest absolute Gasteiger partial charge is 0.292 e. The average Bonchev–Trinajstić information content (AvgIpc) is 2.13. The largest absolute Gasteiger partial charge is 0.334 e. The summed E-state index contributed by atoms with van der Waals surface area (Å²) in [5, 5.41) is 17.3. The molecule has 0 radical (unpaired) electrons. The molecule has 2 atom stereocenters. The minimum absolute atomic E-state index is 0.238. The van der Waals surface area contributed by atoms with Gasteiger partial charge in [0.1, 0.15) is 5.92 Å². The van der Waals surface area contributed by atoms with Crippen LogP contribution in [0.1, 0.15) is 13.3 Å². The average molecular weight is 159 g/mol. The maximum Gasteiger partial charge on any atom is 0.334 e. The fraction of sp³-hybridized carbons (Fsp3) is 0.444. The molecule has 0 fully saturated rings. The summed E-state index contributed by atoms with van der Waals surface area (Å²) in [5.74, 6) is -0.585. The summed E-state index contributed by atoms with van der Waals surface area (Å²) < 4.78 is 0. The zero-order chi connectivity index (χ0) is 9.61. The Morgan fingerprint density at radius 2 is 2.33 bits per heavy atom. The quantitative estimate of drug-likeness (QED) is 0.466. The van der Waals surface area contributed by atoms with Gasteiger partial charge in [-0.3, -0.25) is 4.85 Å². The van der Waals surface area contributed by atoms with Crippen LogP contribution in [0, 0.1) is 35.2 Å². The van der Waals surface area contributed by atoms with E-state index in [0.29, 0.717) is 0 Å². The van der Waals surface area contributed by atoms with Gasteiger partial charge in [0.15, 0.2) is 6.07 Å². The molecule has 3 heteroatoms.